The number of thiophene rings is 1. The lowest BCUT2D eigenvalue weighted by Crippen LogP contribution is -2.32. The van der Waals surface area contributed by atoms with Gasteiger partial charge in [0.2, 0.25) is 5.91 Å². The van der Waals surface area contributed by atoms with Crippen LogP contribution in [-0.2, 0) is 4.79 Å². The van der Waals surface area contributed by atoms with E-state index in [1.54, 1.807) is 11.3 Å². The number of hydrogen-bond donors (Lipinski definition) is 1. The number of rotatable bonds is 4. The number of carbonyl (C=O) groups is 1. The molecule has 0 aliphatic carbocycles. The van der Waals surface area contributed by atoms with Crippen molar-refractivity contribution in [2.24, 2.45) is 0 Å². The summed E-state index contributed by atoms with van der Waals surface area (Å²) < 4.78 is 26.7. The van der Waals surface area contributed by atoms with Gasteiger partial charge in [-0.25, -0.2) is 8.78 Å². The van der Waals surface area contributed by atoms with Gasteiger partial charge in [-0.2, -0.15) is 0 Å². The Hall–Kier alpha value is -1.79. The first-order chi connectivity index (χ1) is 10.6. The highest BCUT2D eigenvalue weighted by Crippen LogP contribution is 2.34. The third-order valence-corrected chi connectivity index (χ3v) is 4.76. The Kier molecular flexibility index (Phi) is 4.49. The quantitative estimate of drug-likeness (QED) is 0.928. The van der Waals surface area contributed by atoms with Gasteiger partial charge in [0, 0.05) is 17.0 Å². The van der Waals surface area contributed by atoms with E-state index in [9.17, 15) is 13.6 Å². The first kappa shape index (κ1) is 15.1. The Labute approximate surface area is 131 Å². The van der Waals surface area contributed by atoms with E-state index < -0.39 is 11.6 Å². The Bertz CT molecular complexity index is 660. The van der Waals surface area contributed by atoms with E-state index >= 15 is 0 Å². The van der Waals surface area contributed by atoms with Gasteiger partial charge in [-0.15, -0.1) is 11.3 Å². The van der Waals surface area contributed by atoms with E-state index in [0.29, 0.717) is 0 Å². The van der Waals surface area contributed by atoms with Gasteiger partial charge >= 0.3 is 0 Å². The second-order valence-electron chi connectivity index (χ2n) is 5.32. The number of carbonyl (C=O) groups excluding carboxylic acids is 1. The first-order valence-corrected chi connectivity index (χ1v) is 8.04. The molecular weight excluding hydrogens is 306 g/mol. The van der Waals surface area contributed by atoms with Crippen molar-refractivity contribution in [2.45, 2.75) is 18.9 Å². The second-order valence-corrected chi connectivity index (χ2v) is 6.30. The molecule has 3 nitrogen and oxygen atoms in total. The molecule has 1 aromatic heterocycles. The first-order valence-electron chi connectivity index (χ1n) is 7.16. The van der Waals surface area contributed by atoms with Crippen LogP contribution < -0.4 is 5.32 Å². The van der Waals surface area contributed by atoms with Gasteiger partial charge in [-0.3, -0.25) is 9.69 Å². The molecule has 0 saturated carbocycles. The van der Waals surface area contributed by atoms with Gasteiger partial charge in [0.15, 0.2) is 0 Å². The zero-order valence-electron chi connectivity index (χ0n) is 11.9. The predicted molar refractivity (Wildman–Crippen MR) is 82.9 cm³/mol. The SMILES string of the molecule is O=C(CN1CCC[C@H]1c1cccs1)Nc1cc(F)ccc1F. The molecule has 1 aliphatic rings. The molecule has 22 heavy (non-hydrogen) atoms. The fraction of sp³-hybridized carbons (Fsp3) is 0.312. The van der Waals surface area contributed by atoms with E-state index in [4.69, 9.17) is 0 Å². The molecule has 1 aromatic carbocycles. The molecule has 0 unspecified atom stereocenters. The zero-order chi connectivity index (χ0) is 15.5. The molecule has 3 rings (SSSR count). The molecule has 6 heteroatoms. The molecule has 1 N–H and O–H groups in total. The predicted octanol–water partition coefficient (Wildman–Crippen LogP) is 3.80. The number of nitrogens with one attached hydrogen (secondary N) is 1. The van der Waals surface area contributed by atoms with Crippen LogP contribution >= 0.6 is 11.3 Å². The average molecular weight is 322 g/mol. The van der Waals surface area contributed by atoms with E-state index in [2.05, 4.69) is 16.3 Å². The van der Waals surface area contributed by atoms with Gasteiger partial charge in [-0.05, 0) is 43.0 Å². The van der Waals surface area contributed by atoms with E-state index in [1.807, 2.05) is 11.4 Å². The molecule has 1 saturated heterocycles. The normalized spacial score (nSPS) is 18.5. The van der Waals surface area contributed by atoms with Gasteiger partial charge in [0.05, 0.1) is 12.2 Å². The van der Waals surface area contributed by atoms with E-state index in [-0.39, 0.29) is 24.2 Å². The lowest BCUT2D eigenvalue weighted by atomic mass is 10.2. The van der Waals surface area contributed by atoms with Crippen molar-refractivity contribution in [1.82, 2.24) is 4.90 Å². The Balaban J connectivity index is 1.65. The summed E-state index contributed by atoms with van der Waals surface area (Å²) >= 11 is 1.68. The van der Waals surface area contributed by atoms with Crippen molar-refractivity contribution in [2.75, 3.05) is 18.4 Å². The number of anilines is 1. The molecule has 116 valence electrons. The number of nitrogens with zero attached hydrogens (tertiary/aromatic N) is 1. The standard InChI is InChI=1S/C16H16F2N2OS/c17-11-5-6-12(18)13(9-11)19-16(21)10-20-7-1-3-14(20)15-4-2-8-22-15/h2,4-6,8-9,14H,1,3,7,10H2,(H,19,21)/t14-/m0/s1. The molecule has 1 amide bonds. The summed E-state index contributed by atoms with van der Waals surface area (Å²) in [6, 6.07) is 7.33. The maximum atomic E-state index is 13.6. The van der Waals surface area contributed by atoms with E-state index in [0.717, 1.165) is 37.6 Å². The molecule has 0 radical (unpaired) electrons. The Morgan fingerprint density at radius 3 is 3.00 bits per heavy atom. The highest BCUT2D eigenvalue weighted by molar-refractivity contribution is 7.10. The highest BCUT2D eigenvalue weighted by atomic mass is 32.1. The number of likely N-dealkylation sites (tertiary alicyclic amines) is 1. The topological polar surface area (TPSA) is 32.3 Å². The number of hydrogen-bond acceptors (Lipinski definition) is 3. The number of benzene rings is 1. The minimum atomic E-state index is -0.633. The third kappa shape index (κ3) is 3.34. The lowest BCUT2D eigenvalue weighted by Gasteiger charge is -2.22. The van der Waals surface area contributed by atoms with Crippen LogP contribution in [0.5, 0.6) is 0 Å². The van der Waals surface area contributed by atoms with Crippen molar-refractivity contribution >= 4 is 22.9 Å². The average Bonchev–Trinajstić information content (AvgIpc) is 3.13. The van der Waals surface area contributed by atoms with Crippen LogP contribution in [0.4, 0.5) is 14.5 Å². The van der Waals surface area contributed by atoms with Crippen molar-refractivity contribution < 1.29 is 13.6 Å². The van der Waals surface area contributed by atoms with Crippen LogP contribution in [0.1, 0.15) is 23.8 Å². The van der Waals surface area contributed by atoms with Crippen molar-refractivity contribution in [3.8, 4) is 0 Å². The highest BCUT2D eigenvalue weighted by Gasteiger charge is 2.28. The van der Waals surface area contributed by atoms with Gasteiger partial charge in [-0.1, -0.05) is 6.07 Å². The minimum Gasteiger partial charge on any atom is -0.322 e. The molecular formula is C16H16F2N2OS. The maximum Gasteiger partial charge on any atom is 0.238 e. The van der Waals surface area contributed by atoms with Crippen molar-refractivity contribution in [3.63, 3.8) is 0 Å². The van der Waals surface area contributed by atoms with Crippen LogP contribution in [0, 0.1) is 11.6 Å². The molecule has 0 spiro atoms. The molecule has 2 heterocycles. The number of amides is 1. The second kappa shape index (κ2) is 6.54. The van der Waals surface area contributed by atoms with Gasteiger partial charge in [0.1, 0.15) is 11.6 Å². The van der Waals surface area contributed by atoms with Crippen molar-refractivity contribution in [1.29, 1.82) is 0 Å². The van der Waals surface area contributed by atoms with Gasteiger partial charge in [0.25, 0.3) is 0 Å². The lowest BCUT2D eigenvalue weighted by molar-refractivity contribution is -0.117. The summed E-state index contributed by atoms with van der Waals surface area (Å²) in [4.78, 5) is 15.4. The smallest absolute Gasteiger partial charge is 0.238 e. The summed E-state index contributed by atoms with van der Waals surface area (Å²) in [5.41, 5.74) is -0.114. The summed E-state index contributed by atoms with van der Waals surface area (Å²) in [5, 5.41) is 4.47. The summed E-state index contributed by atoms with van der Waals surface area (Å²) in [6.45, 7) is 1.01. The summed E-state index contributed by atoms with van der Waals surface area (Å²) in [7, 11) is 0. The maximum absolute atomic E-state index is 13.6. The largest absolute Gasteiger partial charge is 0.322 e. The van der Waals surface area contributed by atoms with Crippen LogP contribution in [0.25, 0.3) is 0 Å². The molecule has 1 atom stereocenters. The summed E-state index contributed by atoms with van der Waals surface area (Å²) in [6.07, 6.45) is 2.05. The molecule has 1 aliphatic heterocycles. The fourth-order valence-corrected chi connectivity index (χ4v) is 3.68. The van der Waals surface area contributed by atoms with Crippen molar-refractivity contribution in [3.05, 3.63) is 52.2 Å². The molecule has 0 bridgehead atoms. The van der Waals surface area contributed by atoms with Crippen LogP contribution in [0.15, 0.2) is 35.7 Å². The van der Waals surface area contributed by atoms with Crippen LogP contribution in [0.3, 0.4) is 0 Å². The Morgan fingerprint density at radius 2 is 2.23 bits per heavy atom. The summed E-state index contributed by atoms with van der Waals surface area (Å²) in [5.74, 6) is -1.53. The monoisotopic (exact) mass is 322 g/mol. The molecule has 2 aromatic rings. The molecule has 1 fully saturated rings. The van der Waals surface area contributed by atoms with E-state index in [1.165, 1.54) is 4.88 Å². The van der Waals surface area contributed by atoms with Crippen LogP contribution in [0.2, 0.25) is 0 Å². The minimum absolute atomic E-state index is 0.114. The number of halogens is 2. The van der Waals surface area contributed by atoms with Crippen LogP contribution in [-0.4, -0.2) is 23.9 Å². The third-order valence-electron chi connectivity index (χ3n) is 3.78. The Morgan fingerprint density at radius 1 is 1.36 bits per heavy atom. The van der Waals surface area contributed by atoms with Gasteiger partial charge < -0.3 is 5.32 Å². The fourth-order valence-electron chi connectivity index (χ4n) is 2.79. The zero-order valence-corrected chi connectivity index (χ0v) is 12.7.